The van der Waals surface area contributed by atoms with Crippen molar-refractivity contribution in [1.82, 2.24) is 0 Å². The molecule has 152 valence electrons. The summed E-state index contributed by atoms with van der Waals surface area (Å²) in [6.45, 7) is 22.6. The Balaban J connectivity index is 2.53. The predicted molar refractivity (Wildman–Crippen MR) is 124 cm³/mol. The maximum absolute atomic E-state index is 6.67. The minimum Gasteiger partial charge on any atom is -0.546 e. The van der Waals surface area contributed by atoms with Gasteiger partial charge in [0.05, 0.1) is 5.76 Å². The van der Waals surface area contributed by atoms with Crippen LogP contribution in [0.2, 0.25) is 16.6 Å². The lowest BCUT2D eigenvalue weighted by Gasteiger charge is -2.42. The first-order valence-corrected chi connectivity index (χ1v) is 12.8. The molecule has 0 aliphatic carbocycles. The van der Waals surface area contributed by atoms with E-state index in [1.807, 2.05) is 0 Å². The summed E-state index contributed by atoms with van der Waals surface area (Å²) in [4.78, 5) is 0. The Labute approximate surface area is 170 Å². The molecule has 0 N–H and O–H groups in total. The van der Waals surface area contributed by atoms with E-state index in [0.717, 1.165) is 31.4 Å². The smallest absolute Gasteiger partial charge is 0.258 e. The first-order valence-electron chi connectivity index (χ1n) is 10.7. The van der Waals surface area contributed by atoms with Crippen molar-refractivity contribution in [3.8, 4) is 0 Å². The third kappa shape index (κ3) is 6.99. The molecule has 1 rings (SSSR count). The molecule has 0 saturated carbocycles. The van der Waals surface area contributed by atoms with Gasteiger partial charge >= 0.3 is 0 Å². The van der Waals surface area contributed by atoms with Gasteiger partial charge < -0.3 is 4.43 Å². The van der Waals surface area contributed by atoms with Gasteiger partial charge in [-0.05, 0) is 55.3 Å². The van der Waals surface area contributed by atoms with Gasteiger partial charge in [-0.25, -0.2) is 0 Å². The lowest BCUT2D eigenvalue weighted by atomic mass is 10.0. The van der Waals surface area contributed by atoms with Crippen LogP contribution in [0.25, 0.3) is 0 Å². The Morgan fingerprint density at radius 2 is 1.48 bits per heavy atom. The lowest BCUT2D eigenvalue weighted by molar-refractivity contribution is 0.354. The molecular weight excluding hydrogens is 344 g/mol. The van der Waals surface area contributed by atoms with Crippen molar-refractivity contribution in [2.75, 3.05) is 0 Å². The molecule has 2 heteroatoms. The molecule has 0 saturated heterocycles. The van der Waals surface area contributed by atoms with Crippen molar-refractivity contribution in [1.29, 1.82) is 0 Å². The molecule has 0 fully saturated rings. The Morgan fingerprint density at radius 1 is 0.963 bits per heavy atom. The molecule has 1 nitrogen and oxygen atoms in total. The zero-order valence-corrected chi connectivity index (χ0v) is 20.1. The summed E-state index contributed by atoms with van der Waals surface area (Å²) in [7, 11) is -1.85. The minimum atomic E-state index is -1.85. The summed E-state index contributed by atoms with van der Waals surface area (Å²) in [5.74, 6) is 1.00. The van der Waals surface area contributed by atoms with Gasteiger partial charge in [0.25, 0.3) is 8.32 Å². The summed E-state index contributed by atoms with van der Waals surface area (Å²) < 4.78 is 6.67. The highest BCUT2D eigenvalue weighted by Crippen LogP contribution is 2.43. The van der Waals surface area contributed by atoms with Crippen LogP contribution in [-0.2, 0) is 10.8 Å². The van der Waals surface area contributed by atoms with Crippen LogP contribution in [0.1, 0.15) is 78.9 Å². The fraction of sp³-hybridized carbons (Fsp3) is 0.600. The first kappa shape index (κ1) is 23.8. The molecular formula is C25H42OSi. The summed E-state index contributed by atoms with van der Waals surface area (Å²) in [6, 6.07) is 8.83. The normalized spacial score (nSPS) is 12.9. The second-order valence-electron chi connectivity index (χ2n) is 9.05. The van der Waals surface area contributed by atoms with Crippen LogP contribution >= 0.6 is 0 Å². The highest BCUT2D eigenvalue weighted by molar-refractivity contribution is 6.77. The number of hydrogen-bond donors (Lipinski definition) is 0. The molecule has 0 amide bonds. The van der Waals surface area contributed by atoms with Crippen LogP contribution in [0.4, 0.5) is 0 Å². The average molecular weight is 387 g/mol. The number of benzene rings is 1. The topological polar surface area (TPSA) is 9.23 Å². The van der Waals surface area contributed by atoms with Crippen LogP contribution in [-0.4, -0.2) is 8.32 Å². The summed E-state index contributed by atoms with van der Waals surface area (Å²) in [5.41, 5.74) is 5.97. The second-order valence-corrected chi connectivity index (χ2v) is 14.4. The molecule has 1 aromatic rings. The Bertz CT molecular complexity index is 586. The SMILES string of the molecule is C=C(CCC/C(C)=C\Cc1ccc(C)cc1)O[Si](C(C)C)(C(C)C)C(C)C. The highest BCUT2D eigenvalue weighted by Gasteiger charge is 2.46. The van der Waals surface area contributed by atoms with E-state index in [-0.39, 0.29) is 0 Å². The molecule has 0 bridgehead atoms. The molecule has 27 heavy (non-hydrogen) atoms. The van der Waals surface area contributed by atoms with Gasteiger partial charge in [-0.3, -0.25) is 0 Å². The zero-order valence-electron chi connectivity index (χ0n) is 19.1. The molecule has 0 atom stereocenters. The summed E-state index contributed by atoms with van der Waals surface area (Å²) in [5, 5.41) is 0. The lowest BCUT2D eigenvalue weighted by Crippen LogP contribution is -2.47. The van der Waals surface area contributed by atoms with Crippen molar-refractivity contribution in [3.63, 3.8) is 0 Å². The van der Waals surface area contributed by atoms with E-state index >= 15 is 0 Å². The van der Waals surface area contributed by atoms with E-state index < -0.39 is 8.32 Å². The third-order valence-electron chi connectivity index (χ3n) is 5.86. The van der Waals surface area contributed by atoms with Gasteiger partial charge in [0.15, 0.2) is 0 Å². The fourth-order valence-electron chi connectivity index (χ4n) is 4.34. The Hall–Kier alpha value is -1.28. The molecule has 0 spiro atoms. The van der Waals surface area contributed by atoms with Gasteiger partial charge in [0.1, 0.15) is 0 Å². The molecule has 0 radical (unpaired) electrons. The van der Waals surface area contributed by atoms with Gasteiger partial charge in [0, 0.05) is 6.42 Å². The predicted octanol–water partition coefficient (Wildman–Crippen LogP) is 8.36. The maximum atomic E-state index is 6.67. The van der Waals surface area contributed by atoms with Gasteiger partial charge in [0.2, 0.25) is 0 Å². The Kier molecular flexibility index (Phi) is 9.59. The number of hydrogen-bond acceptors (Lipinski definition) is 1. The number of rotatable bonds is 11. The van der Waals surface area contributed by atoms with Crippen molar-refractivity contribution in [3.05, 3.63) is 59.4 Å². The monoisotopic (exact) mass is 386 g/mol. The van der Waals surface area contributed by atoms with Gasteiger partial charge in [-0.15, -0.1) is 0 Å². The minimum absolute atomic E-state index is 0.602. The third-order valence-corrected chi connectivity index (χ3v) is 11.9. The second kappa shape index (κ2) is 10.9. The molecule has 0 heterocycles. The molecule has 1 aromatic carbocycles. The molecule has 0 aromatic heterocycles. The van der Waals surface area contributed by atoms with E-state index in [2.05, 4.69) is 92.3 Å². The van der Waals surface area contributed by atoms with E-state index in [0.29, 0.717) is 16.6 Å². The quantitative estimate of drug-likeness (QED) is 0.211. The van der Waals surface area contributed by atoms with Crippen LogP contribution in [0.3, 0.4) is 0 Å². The summed E-state index contributed by atoms with van der Waals surface area (Å²) >= 11 is 0. The summed E-state index contributed by atoms with van der Waals surface area (Å²) in [6.07, 6.45) is 6.59. The van der Waals surface area contributed by atoms with Crippen LogP contribution < -0.4 is 0 Å². The molecule has 0 aliphatic rings. The van der Waals surface area contributed by atoms with E-state index in [1.54, 1.807) is 0 Å². The van der Waals surface area contributed by atoms with Gasteiger partial charge in [-0.2, -0.15) is 0 Å². The standard InChI is InChI=1S/C25H42OSi/c1-19(2)27(20(3)4,21(5)6)26-24(9)12-10-11-22(7)13-16-25-17-14-23(8)15-18-25/h13-15,17-21H,9-12,16H2,1-8H3/b22-13-. The van der Waals surface area contributed by atoms with Crippen molar-refractivity contribution >= 4 is 8.32 Å². The van der Waals surface area contributed by atoms with E-state index in [1.165, 1.54) is 16.7 Å². The van der Waals surface area contributed by atoms with Crippen LogP contribution in [0.5, 0.6) is 0 Å². The highest BCUT2D eigenvalue weighted by atomic mass is 28.4. The van der Waals surface area contributed by atoms with Crippen molar-refractivity contribution in [2.24, 2.45) is 0 Å². The van der Waals surface area contributed by atoms with Gasteiger partial charge in [-0.1, -0.05) is 89.6 Å². The average Bonchev–Trinajstić information content (AvgIpc) is 2.58. The number of allylic oxidation sites excluding steroid dienone is 3. The van der Waals surface area contributed by atoms with E-state index in [4.69, 9.17) is 4.43 Å². The van der Waals surface area contributed by atoms with Crippen LogP contribution in [0.15, 0.2) is 48.3 Å². The fourth-order valence-corrected chi connectivity index (χ4v) is 9.65. The van der Waals surface area contributed by atoms with Crippen molar-refractivity contribution in [2.45, 2.75) is 97.7 Å². The molecule has 0 unspecified atom stereocenters. The largest absolute Gasteiger partial charge is 0.546 e. The molecule has 0 aliphatic heterocycles. The maximum Gasteiger partial charge on any atom is 0.258 e. The Morgan fingerprint density at radius 3 is 1.96 bits per heavy atom. The van der Waals surface area contributed by atoms with Crippen molar-refractivity contribution < 1.29 is 4.43 Å². The number of aryl methyl sites for hydroxylation is 1. The zero-order chi connectivity index (χ0) is 20.6. The van der Waals surface area contributed by atoms with Crippen LogP contribution in [0, 0.1) is 6.92 Å². The van der Waals surface area contributed by atoms with E-state index in [9.17, 15) is 0 Å². The first-order chi connectivity index (χ1) is 12.6.